The number of carbonyl (C=O) groups is 1. The summed E-state index contributed by atoms with van der Waals surface area (Å²) in [5.74, 6) is 0.501. The Kier molecular flexibility index (Phi) is 5.99. The molecule has 2 rings (SSSR count). The predicted molar refractivity (Wildman–Crippen MR) is 99.0 cm³/mol. The van der Waals surface area contributed by atoms with Gasteiger partial charge in [-0.25, -0.2) is 0 Å². The van der Waals surface area contributed by atoms with E-state index in [2.05, 4.69) is 26.6 Å². The number of ether oxygens (including phenoxy) is 2. The summed E-state index contributed by atoms with van der Waals surface area (Å²) in [5.41, 5.74) is 0.645. The number of benzene rings is 2. The normalized spacial score (nSPS) is 9.96. The first-order valence-electron chi connectivity index (χ1n) is 6.77. The highest BCUT2D eigenvalue weighted by Crippen LogP contribution is 2.28. The topological polar surface area (TPSA) is 79.8 Å². The van der Waals surface area contributed by atoms with Gasteiger partial charge in [-0.15, -0.1) is 0 Å². The lowest BCUT2D eigenvalue weighted by Gasteiger charge is -2.13. The molecule has 0 spiro atoms. The maximum atomic E-state index is 12.4. The molecule has 0 aliphatic rings. The molecule has 0 radical (unpaired) electrons. The fourth-order valence-electron chi connectivity index (χ4n) is 1.92. The van der Waals surface area contributed by atoms with Gasteiger partial charge in [0.1, 0.15) is 17.2 Å². The molecule has 0 atom stereocenters. The average molecular weight is 411 g/mol. The van der Waals surface area contributed by atoms with E-state index in [1.54, 1.807) is 30.3 Å². The van der Waals surface area contributed by atoms with Gasteiger partial charge in [-0.1, -0.05) is 15.9 Å². The lowest BCUT2D eigenvalue weighted by atomic mass is 10.2. The van der Waals surface area contributed by atoms with Crippen LogP contribution < -0.4 is 20.1 Å². The number of hydrogen-bond donors (Lipinski definition) is 3. The highest BCUT2D eigenvalue weighted by atomic mass is 79.9. The van der Waals surface area contributed by atoms with Crippen LogP contribution in [0, 0.1) is 0 Å². The minimum absolute atomic E-state index is 0.0209. The van der Waals surface area contributed by atoms with Crippen LogP contribution in [0.5, 0.6) is 17.2 Å². The van der Waals surface area contributed by atoms with Crippen molar-refractivity contribution in [3.63, 3.8) is 0 Å². The third kappa shape index (κ3) is 4.36. The Labute approximate surface area is 152 Å². The SMILES string of the molecule is COc1ccc(O)c(NC(=S)NC(=O)c2cc(Br)ccc2OC)c1. The van der Waals surface area contributed by atoms with Crippen molar-refractivity contribution in [3.8, 4) is 17.2 Å². The standard InChI is InChI=1S/C16H15BrN2O4S/c1-22-10-4-5-13(20)12(8-10)18-16(24)19-15(21)11-7-9(17)3-6-14(11)23-2/h3-8,20H,1-2H3,(H2,18,19,21,24). The fraction of sp³-hybridized carbons (Fsp3) is 0.125. The second-order valence-electron chi connectivity index (χ2n) is 4.64. The van der Waals surface area contributed by atoms with E-state index in [4.69, 9.17) is 21.7 Å². The van der Waals surface area contributed by atoms with Gasteiger partial charge in [0, 0.05) is 10.5 Å². The number of rotatable bonds is 4. The number of carbonyl (C=O) groups excluding carboxylic acids is 1. The number of aromatic hydroxyl groups is 1. The van der Waals surface area contributed by atoms with Crippen LogP contribution in [0.25, 0.3) is 0 Å². The second kappa shape index (κ2) is 7.98. The van der Waals surface area contributed by atoms with Crippen molar-refractivity contribution >= 4 is 44.9 Å². The number of hydrogen-bond acceptors (Lipinski definition) is 5. The van der Waals surface area contributed by atoms with Gasteiger partial charge in [-0.2, -0.15) is 0 Å². The Bertz CT molecular complexity index is 783. The van der Waals surface area contributed by atoms with E-state index in [0.29, 0.717) is 22.7 Å². The highest BCUT2D eigenvalue weighted by molar-refractivity contribution is 9.10. The monoisotopic (exact) mass is 410 g/mol. The zero-order chi connectivity index (χ0) is 17.7. The van der Waals surface area contributed by atoms with Crippen LogP contribution in [-0.2, 0) is 0 Å². The number of phenols is 1. The number of amides is 1. The summed E-state index contributed by atoms with van der Waals surface area (Å²) in [5, 5.41) is 15.2. The summed E-state index contributed by atoms with van der Waals surface area (Å²) in [6, 6.07) is 9.69. The average Bonchev–Trinajstić information content (AvgIpc) is 2.56. The zero-order valence-electron chi connectivity index (χ0n) is 12.9. The number of anilines is 1. The molecule has 8 heteroatoms. The summed E-state index contributed by atoms with van der Waals surface area (Å²) in [6.45, 7) is 0. The summed E-state index contributed by atoms with van der Waals surface area (Å²) in [4.78, 5) is 12.4. The molecule has 0 aliphatic carbocycles. The van der Waals surface area contributed by atoms with Crippen molar-refractivity contribution in [2.75, 3.05) is 19.5 Å². The molecule has 0 aromatic heterocycles. The molecule has 0 fully saturated rings. The molecule has 0 saturated heterocycles. The third-order valence-electron chi connectivity index (χ3n) is 3.09. The van der Waals surface area contributed by atoms with Crippen molar-refractivity contribution in [3.05, 3.63) is 46.4 Å². The minimum Gasteiger partial charge on any atom is -0.506 e. The Morgan fingerprint density at radius 2 is 1.92 bits per heavy atom. The first kappa shape index (κ1) is 18.0. The number of halogens is 1. The first-order valence-corrected chi connectivity index (χ1v) is 7.97. The van der Waals surface area contributed by atoms with Crippen LogP contribution in [0.4, 0.5) is 5.69 Å². The van der Waals surface area contributed by atoms with E-state index in [-0.39, 0.29) is 10.9 Å². The van der Waals surface area contributed by atoms with Crippen LogP contribution in [0.2, 0.25) is 0 Å². The van der Waals surface area contributed by atoms with E-state index < -0.39 is 5.91 Å². The molecule has 3 N–H and O–H groups in total. The Balaban J connectivity index is 2.13. The molecular weight excluding hydrogens is 396 g/mol. The summed E-state index contributed by atoms with van der Waals surface area (Å²) in [6.07, 6.45) is 0. The second-order valence-corrected chi connectivity index (χ2v) is 5.96. The predicted octanol–water partition coefficient (Wildman–Crippen LogP) is 3.30. The molecule has 6 nitrogen and oxygen atoms in total. The van der Waals surface area contributed by atoms with Gasteiger partial charge in [-0.05, 0) is 42.5 Å². The Hall–Kier alpha value is -2.32. The smallest absolute Gasteiger partial charge is 0.261 e. The van der Waals surface area contributed by atoms with Gasteiger partial charge >= 0.3 is 0 Å². The molecule has 126 valence electrons. The van der Waals surface area contributed by atoms with Crippen LogP contribution >= 0.6 is 28.1 Å². The maximum Gasteiger partial charge on any atom is 0.261 e. The number of phenolic OH excluding ortho intramolecular Hbond substituents is 1. The van der Waals surface area contributed by atoms with Crippen molar-refractivity contribution < 1.29 is 19.4 Å². The van der Waals surface area contributed by atoms with Crippen LogP contribution in [0.1, 0.15) is 10.4 Å². The lowest BCUT2D eigenvalue weighted by Crippen LogP contribution is -2.34. The Morgan fingerprint density at radius 1 is 1.17 bits per heavy atom. The highest BCUT2D eigenvalue weighted by Gasteiger charge is 2.15. The maximum absolute atomic E-state index is 12.4. The van der Waals surface area contributed by atoms with Crippen LogP contribution in [0.3, 0.4) is 0 Å². The fourth-order valence-corrected chi connectivity index (χ4v) is 2.49. The molecule has 1 amide bonds. The summed E-state index contributed by atoms with van der Waals surface area (Å²) in [7, 11) is 2.99. The van der Waals surface area contributed by atoms with Crippen molar-refractivity contribution in [2.24, 2.45) is 0 Å². The van der Waals surface area contributed by atoms with E-state index >= 15 is 0 Å². The zero-order valence-corrected chi connectivity index (χ0v) is 15.3. The van der Waals surface area contributed by atoms with E-state index in [0.717, 1.165) is 4.47 Å². The van der Waals surface area contributed by atoms with Crippen LogP contribution in [-0.4, -0.2) is 30.3 Å². The van der Waals surface area contributed by atoms with Gasteiger partial charge in [0.2, 0.25) is 0 Å². The molecular formula is C16H15BrN2O4S. The van der Waals surface area contributed by atoms with Crippen molar-refractivity contribution in [1.82, 2.24) is 5.32 Å². The van der Waals surface area contributed by atoms with E-state index in [1.807, 2.05) is 0 Å². The molecule has 0 unspecified atom stereocenters. The van der Waals surface area contributed by atoms with Crippen LogP contribution in [0.15, 0.2) is 40.9 Å². The van der Waals surface area contributed by atoms with Gasteiger partial charge in [0.15, 0.2) is 5.11 Å². The van der Waals surface area contributed by atoms with Gasteiger partial charge < -0.3 is 19.9 Å². The number of nitrogens with one attached hydrogen (secondary N) is 2. The third-order valence-corrected chi connectivity index (χ3v) is 3.78. The molecule has 0 heterocycles. The lowest BCUT2D eigenvalue weighted by molar-refractivity contribution is 0.0974. The van der Waals surface area contributed by atoms with Gasteiger partial charge in [-0.3, -0.25) is 10.1 Å². The molecule has 0 saturated carbocycles. The number of thiocarbonyl (C=S) groups is 1. The molecule has 2 aromatic carbocycles. The molecule has 2 aromatic rings. The Morgan fingerprint density at radius 3 is 2.58 bits per heavy atom. The molecule has 0 bridgehead atoms. The first-order chi connectivity index (χ1) is 11.4. The largest absolute Gasteiger partial charge is 0.506 e. The minimum atomic E-state index is -0.437. The van der Waals surface area contributed by atoms with Gasteiger partial charge in [0.05, 0.1) is 25.5 Å². The van der Waals surface area contributed by atoms with E-state index in [9.17, 15) is 9.90 Å². The quantitative estimate of drug-likeness (QED) is 0.529. The van der Waals surface area contributed by atoms with Crippen molar-refractivity contribution in [2.45, 2.75) is 0 Å². The number of methoxy groups -OCH3 is 2. The molecule has 0 aliphatic heterocycles. The van der Waals surface area contributed by atoms with Gasteiger partial charge in [0.25, 0.3) is 5.91 Å². The summed E-state index contributed by atoms with van der Waals surface area (Å²) >= 11 is 8.42. The van der Waals surface area contributed by atoms with E-state index in [1.165, 1.54) is 20.3 Å². The van der Waals surface area contributed by atoms with Crippen molar-refractivity contribution in [1.29, 1.82) is 0 Å². The summed E-state index contributed by atoms with van der Waals surface area (Å²) < 4.78 is 11.0. The molecule has 24 heavy (non-hydrogen) atoms.